The Morgan fingerprint density at radius 1 is 1.26 bits per heavy atom. The molecule has 0 saturated heterocycles. The van der Waals surface area contributed by atoms with Crippen LogP contribution in [0.2, 0.25) is 0 Å². The topological polar surface area (TPSA) is 134 Å². The molecule has 0 aliphatic carbocycles. The Labute approximate surface area is 181 Å². The zero-order valence-electron chi connectivity index (χ0n) is 16.5. The normalized spacial score (nSPS) is 13.4. The molecule has 1 aliphatic heterocycles. The van der Waals surface area contributed by atoms with Crippen LogP contribution in [0.15, 0.2) is 50.6 Å². The van der Waals surface area contributed by atoms with E-state index >= 15 is 0 Å². The number of hydrogen-bond acceptors (Lipinski definition) is 9. The molecule has 12 heteroatoms. The first-order valence-electron chi connectivity index (χ1n) is 8.90. The average molecular weight is 463 g/mol. The summed E-state index contributed by atoms with van der Waals surface area (Å²) in [5.74, 6) is 0.0679. The van der Waals surface area contributed by atoms with Crippen molar-refractivity contribution in [3.8, 4) is 5.75 Å². The number of nitrogens with one attached hydrogen (secondary N) is 3. The number of nitrogens with zero attached hydrogens (tertiary/aromatic N) is 1. The van der Waals surface area contributed by atoms with Gasteiger partial charge in [0.1, 0.15) is 11.4 Å². The molecule has 3 N–H and O–H groups in total. The van der Waals surface area contributed by atoms with Gasteiger partial charge in [0.2, 0.25) is 5.88 Å². The second-order valence-electron chi connectivity index (χ2n) is 6.39. The molecule has 0 unspecified atom stereocenters. The zero-order chi connectivity index (χ0) is 22.2. The minimum Gasteiger partial charge on any atom is -0.493 e. The third kappa shape index (κ3) is 3.70. The van der Waals surface area contributed by atoms with E-state index in [1.165, 1.54) is 25.9 Å². The number of methoxy groups -OCH3 is 2. The van der Waals surface area contributed by atoms with E-state index < -0.39 is 16.0 Å². The summed E-state index contributed by atoms with van der Waals surface area (Å²) in [6.07, 6.45) is 1.51. The Morgan fingerprint density at radius 2 is 2.00 bits per heavy atom. The number of esters is 1. The van der Waals surface area contributed by atoms with Gasteiger partial charge in [0.15, 0.2) is 9.96 Å². The van der Waals surface area contributed by atoms with Crippen LogP contribution in [0.1, 0.15) is 15.9 Å². The van der Waals surface area contributed by atoms with Gasteiger partial charge >= 0.3 is 5.97 Å². The summed E-state index contributed by atoms with van der Waals surface area (Å²) in [5.41, 5.74) is 1.70. The number of furan rings is 1. The smallest absolute Gasteiger partial charge is 0.342 e. The third-order valence-electron chi connectivity index (χ3n) is 4.59. The predicted octanol–water partition coefficient (Wildman–Crippen LogP) is 3.15. The lowest BCUT2D eigenvalue weighted by Gasteiger charge is -2.29. The number of fused-ring (bicyclic) bond motifs is 1. The van der Waals surface area contributed by atoms with E-state index in [2.05, 4.69) is 14.8 Å². The summed E-state index contributed by atoms with van der Waals surface area (Å²) in [4.78, 5) is 13.5. The monoisotopic (exact) mass is 462 g/mol. The number of carbonyl (C=O) groups is 1. The molecule has 1 aromatic carbocycles. The van der Waals surface area contributed by atoms with Gasteiger partial charge in [0.05, 0.1) is 32.7 Å². The van der Waals surface area contributed by atoms with Gasteiger partial charge in [0.25, 0.3) is 10.0 Å². The van der Waals surface area contributed by atoms with Gasteiger partial charge in [-0.2, -0.15) is 0 Å². The molecule has 4 rings (SSSR count). The van der Waals surface area contributed by atoms with Gasteiger partial charge in [-0.1, -0.05) is 0 Å². The van der Waals surface area contributed by atoms with Gasteiger partial charge in [-0.25, -0.2) is 13.2 Å². The van der Waals surface area contributed by atoms with Crippen molar-refractivity contribution < 1.29 is 27.1 Å². The number of anilines is 3. The molecule has 10 nitrogen and oxygen atoms in total. The van der Waals surface area contributed by atoms with Crippen LogP contribution < -0.4 is 19.7 Å². The van der Waals surface area contributed by atoms with Crippen molar-refractivity contribution in [2.45, 2.75) is 4.21 Å². The van der Waals surface area contributed by atoms with E-state index in [0.717, 1.165) is 11.3 Å². The van der Waals surface area contributed by atoms with E-state index in [1.54, 1.807) is 35.2 Å². The van der Waals surface area contributed by atoms with Crippen LogP contribution in [0.3, 0.4) is 0 Å². The molecule has 3 aromatic rings. The second kappa shape index (κ2) is 7.96. The Morgan fingerprint density at radius 3 is 2.68 bits per heavy atom. The fourth-order valence-corrected chi connectivity index (χ4v) is 5.58. The number of thiophene rings is 1. The molecule has 0 atom stereocenters. The first-order valence-corrected chi connectivity index (χ1v) is 11.3. The molecule has 0 amide bonds. The minimum atomic E-state index is -4.00. The summed E-state index contributed by atoms with van der Waals surface area (Å²) in [6.45, 7) is 0.340. The highest BCUT2D eigenvalue weighted by atomic mass is 32.2. The maximum absolute atomic E-state index is 12.9. The lowest BCUT2D eigenvalue weighted by Crippen LogP contribution is -2.39. The largest absolute Gasteiger partial charge is 0.493 e. The van der Waals surface area contributed by atoms with E-state index in [-0.39, 0.29) is 21.4 Å². The van der Waals surface area contributed by atoms with Crippen LogP contribution in [0.5, 0.6) is 5.75 Å². The Bertz CT molecular complexity index is 1250. The van der Waals surface area contributed by atoms with Crippen molar-refractivity contribution in [2.24, 2.45) is 0 Å². The molecular formula is C19H18N4O6S2. The molecule has 3 heterocycles. The van der Waals surface area contributed by atoms with Gasteiger partial charge < -0.3 is 24.1 Å². The van der Waals surface area contributed by atoms with Crippen LogP contribution in [-0.2, 0) is 14.8 Å². The van der Waals surface area contributed by atoms with E-state index in [9.17, 15) is 13.2 Å². The summed E-state index contributed by atoms with van der Waals surface area (Å²) in [6, 6.07) is 8.28. The molecule has 2 aromatic heterocycles. The minimum absolute atomic E-state index is 0.0421. The standard InChI is InChI=1S/C19H18N4O6S2/c1-27-15-14(18(24)28-2)9-30-19(15)31(25,26)22-11-3-5-12(6-4-11)23-10-21-17-13(16(23)20)7-8-29-17/h3-9,20-22H,10H2,1-2H3. The number of hydrogen-bond donors (Lipinski definition) is 3. The van der Waals surface area contributed by atoms with Crippen LogP contribution in [-0.4, -0.2) is 41.1 Å². The molecule has 31 heavy (non-hydrogen) atoms. The van der Waals surface area contributed by atoms with E-state index in [0.29, 0.717) is 29.5 Å². The lowest BCUT2D eigenvalue weighted by molar-refractivity contribution is 0.0597. The first kappa shape index (κ1) is 20.8. The van der Waals surface area contributed by atoms with Crippen molar-refractivity contribution in [1.29, 1.82) is 5.41 Å². The number of amidine groups is 1. The SMILES string of the molecule is COC(=O)c1csc(S(=O)(=O)Nc2ccc(N3CNc4occc4C3=N)cc2)c1OC. The number of rotatable bonds is 6. The van der Waals surface area contributed by atoms with E-state index in [4.69, 9.17) is 14.6 Å². The Kier molecular flexibility index (Phi) is 5.33. The Balaban J connectivity index is 1.55. The van der Waals surface area contributed by atoms with Crippen molar-refractivity contribution in [1.82, 2.24) is 0 Å². The molecule has 0 fully saturated rings. The van der Waals surface area contributed by atoms with Crippen LogP contribution >= 0.6 is 11.3 Å². The van der Waals surface area contributed by atoms with E-state index in [1.807, 2.05) is 0 Å². The van der Waals surface area contributed by atoms with Crippen molar-refractivity contribution >= 4 is 50.4 Å². The molecule has 162 valence electrons. The van der Waals surface area contributed by atoms with Gasteiger partial charge in [0, 0.05) is 16.8 Å². The number of benzene rings is 1. The Hall–Kier alpha value is -3.51. The molecule has 0 saturated carbocycles. The number of sulfonamides is 1. The van der Waals surface area contributed by atoms with Gasteiger partial charge in [-0.05, 0) is 30.3 Å². The van der Waals surface area contributed by atoms with Crippen molar-refractivity contribution in [3.05, 3.63) is 53.1 Å². The number of ether oxygens (including phenoxy) is 2. The van der Waals surface area contributed by atoms with Crippen LogP contribution in [0.4, 0.5) is 17.3 Å². The summed E-state index contributed by atoms with van der Waals surface area (Å²) >= 11 is 0.861. The highest BCUT2D eigenvalue weighted by Crippen LogP contribution is 2.36. The van der Waals surface area contributed by atoms with Crippen LogP contribution in [0.25, 0.3) is 0 Å². The number of carbonyl (C=O) groups excluding carboxylic acids is 1. The second-order valence-corrected chi connectivity index (χ2v) is 9.15. The highest BCUT2D eigenvalue weighted by Gasteiger charge is 2.28. The fraction of sp³-hybridized carbons (Fsp3) is 0.158. The fourth-order valence-electron chi connectivity index (χ4n) is 3.10. The maximum atomic E-state index is 12.9. The first-order chi connectivity index (χ1) is 14.9. The van der Waals surface area contributed by atoms with Crippen LogP contribution in [0, 0.1) is 5.41 Å². The molecule has 0 radical (unpaired) electrons. The summed E-state index contributed by atoms with van der Waals surface area (Å²) < 4.78 is 43.1. The van der Waals surface area contributed by atoms with Gasteiger partial charge in [-0.3, -0.25) is 10.1 Å². The zero-order valence-corrected chi connectivity index (χ0v) is 18.1. The molecule has 1 aliphatic rings. The summed E-state index contributed by atoms with van der Waals surface area (Å²) in [7, 11) is -1.51. The molecule has 0 bridgehead atoms. The average Bonchev–Trinajstić information content (AvgIpc) is 3.41. The highest BCUT2D eigenvalue weighted by molar-refractivity contribution is 7.94. The maximum Gasteiger partial charge on any atom is 0.342 e. The quantitative estimate of drug-likeness (QED) is 0.476. The molecular weight excluding hydrogens is 444 g/mol. The molecule has 0 spiro atoms. The summed E-state index contributed by atoms with van der Waals surface area (Å²) in [5, 5.41) is 12.8. The van der Waals surface area contributed by atoms with Crippen molar-refractivity contribution in [3.63, 3.8) is 0 Å². The third-order valence-corrected chi connectivity index (χ3v) is 7.46. The van der Waals surface area contributed by atoms with Gasteiger partial charge in [-0.15, -0.1) is 11.3 Å². The van der Waals surface area contributed by atoms with Crippen molar-refractivity contribution in [2.75, 3.05) is 35.8 Å². The lowest BCUT2D eigenvalue weighted by atomic mass is 10.2. The predicted molar refractivity (Wildman–Crippen MR) is 116 cm³/mol.